The van der Waals surface area contributed by atoms with Crippen LogP contribution in [0.15, 0.2) is 0 Å². The molecule has 0 aliphatic heterocycles. The largest absolute Gasteiger partial charge is 0.396 e. The summed E-state index contributed by atoms with van der Waals surface area (Å²) in [5.74, 6) is 2.29. The minimum absolute atomic E-state index is 0.252. The predicted molar refractivity (Wildman–Crippen MR) is 67.2 cm³/mol. The number of aliphatic hydroxyl groups is 2. The molecule has 4 unspecified atom stereocenters. The van der Waals surface area contributed by atoms with Crippen LogP contribution in [-0.4, -0.2) is 23.4 Å². The van der Waals surface area contributed by atoms with E-state index in [1.165, 1.54) is 25.7 Å². The third-order valence-electron chi connectivity index (χ3n) is 4.23. The van der Waals surface area contributed by atoms with Crippen molar-refractivity contribution in [3.8, 4) is 0 Å². The molecule has 0 aromatic rings. The lowest BCUT2D eigenvalue weighted by atomic mass is 9.72. The summed E-state index contributed by atoms with van der Waals surface area (Å²) in [7, 11) is 0. The van der Waals surface area contributed by atoms with E-state index in [1.807, 2.05) is 0 Å². The van der Waals surface area contributed by atoms with E-state index in [4.69, 9.17) is 0 Å². The Kier molecular flexibility index (Phi) is 6.37. The molecular weight excluding hydrogens is 200 g/mol. The summed E-state index contributed by atoms with van der Waals surface area (Å²) in [6.45, 7) is 5.09. The molecule has 1 aliphatic rings. The third-order valence-corrected chi connectivity index (χ3v) is 4.23. The Morgan fingerprint density at radius 1 is 1.12 bits per heavy atom. The molecular formula is C14H28O2. The molecule has 1 fully saturated rings. The summed E-state index contributed by atoms with van der Waals surface area (Å²) in [6, 6.07) is 0. The molecule has 0 bridgehead atoms. The minimum Gasteiger partial charge on any atom is -0.396 e. The molecule has 0 saturated heterocycles. The fourth-order valence-corrected chi connectivity index (χ4v) is 3.28. The molecule has 1 aliphatic carbocycles. The smallest absolute Gasteiger partial charge is 0.0462 e. The molecule has 4 atom stereocenters. The first-order valence-corrected chi connectivity index (χ1v) is 6.92. The lowest BCUT2D eigenvalue weighted by Gasteiger charge is -2.35. The van der Waals surface area contributed by atoms with Crippen LogP contribution in [0, 0.1) is 23.7 Å². The maximum atomic E-state index is 9.34. The van der Waals surface area contributed by atoms with Gasteiger partial charge in [0, 0.05) is 13.2 Å². The van der Waals surface area contributed by atoms with Gasteiger partial charge in [-0.3, -0.25) is 0 Å². The summed E-state index contributed by atoms with van der Waals surface area (Å²) in [5, 5.41) is 18.6. The normalized spacial score (nSPS) is 32.6. The van der Waals surface area contributed by atoms with Crippen molar-refractivity contribution in [2.24, 2.45) is 23.7 Å². The van der Waals surface area contributed by atoms with Crippen molar-refractivity contribution in [2.75, 3.05) is 13.2 Å². The Bertz CT molecular complexity index is 182. The van der Waals surface area contributed by atoms with Crippen LogP contribution >= 0.6 is 0 Å². The highest BCUT2D eigenvalue weighted by Crippen LogP contribution is 2.37. The summed E-state index contributed by atoms with van der Waals surface area (Å²) in [5.41, 5.74) is 0. The van der Waals surface area contributed by atoms with Gasteiger partial charge in [0.15, 0.2) is 0 Å². The molecule has 0 heterocycles. The second kappa shape index (κ2) is 7.29. The van der Waals surface area contributed by atoms with Crippen LogP contribution in [-0.2, 0) is 0 Å². The van der Waals surface area contributed by atoms with Crippen molar-refractivity contribution in [1.82, 2.24) is 0 Å². The zero-order chi connectivity index (χ0) is 12.0. The van der Waals surface area contributed by atoms with E-state index in [-0.39, 0.29) is 13.2 Å². The lowest BCUT2D eigenvalue weighted by Crippen LogP contribution is -2.30. The van der Waals surface area contributed by atoms with Gasteiger partial charge in [-0.1, -0.05) is 33.1 Å². The molecule has 0 radical (unpaired) electrons. The molecule has 1 saturated carbocycles. The van der Waals surface area contributed by atoms with Gasteiger partial charge in [-0.15, -0.1) is 0 Å². The van der Waals surface area contributed by atoms with Gasteiger partial charge in [0.05, 0.1) is 0 Å². The van der Waals surface area contributed by atoms with Crippen molar-refractivity contribution < 1.29 is 10.2 Å². The van der Waals surface area contributed by atoms with Crippen molar-refractivity contribution in [1.29, 1.82) is 0 Å². The molecule has 2 nitrogen and oxygen atoms in total. The second-order valence-electron chi connectivity index (χ2n) is 5.69. The zero-order valence-corrected chi connectivity index (χ0v) is 10.9. The standard InChI is InChI=1S/C14H28O2/c1-3-4-11(2)7-12-5-6-13(9-15)14(8-12)10-16/h11-16H,3-10H2,1-2H3. The van der Waals surface area contributed by atoms with Crippen molar-refractivity contribution in [2.45, 2.75) is 52.4 Å². The van der Waals surface area contributed by atoms with Crippen molar-refractivity contribution in [3.63, 3.8) is 0 Å². The Morgan fingerprint density at radius 3 is 2.38 bits per heavy atom. The average Bonchev–Trinajstić information content (AvgIpc) is 2.29. The monoisotopic (exact) mass is 228 g/mol. The zero-order valence-electron chi connectivity index (χ0n) is 10.9. The minimum atomic E-state index is 0.252. The summed E-state index contributed by atoms with van der Waals surface area (Å²) in [6.07, 6.45) is 7.37. The highest BCUT2D eigenvalue weighted by Gasteiger charge is 2.29. The van der Waals surface area contributed by atoms with Gasteiger partial charge in [-0.25, -0.2) is 0 Å². The van der Waals surface area contributed by atoms with E-state index in [0.717, 1.165) is 24.7 Å². The molecule has 2 N–H and O–H groups in total. The summed E-state index contributed by atoms with van der Waals surface area (Å²) < 4.78 is 0. The van der Waals surface area contributed by atoms with Crippen LogP contribution < -0.4 is 0 Å². The van der Waals surface area contributed by atoms with Crippen LogP contribution in [0.2, 0.25) is 0 Å². The van der Waals surface area contributed by atoms with Gasteiger partial charge in [0.25, 0.3) is 0 Å². The Balaban J connectivity index is 2.35. The van der Waals surface area contributed by atoms with E-state index in [9.17, 15) is 10.2 Å². The lowest BCUT2D eigenvalue weighted by molar-refractivity contribution is 0.0588. The van der Waals surface area contributed by atoms with Gasteiger partial charge in [0.1, 0.15) is 0 Å². The summed E-state index contributed by atoms with van der Waals surface area (Å²) >= 11 is 0. The highest BCUT2D eigenvalue weighted by atomic mass is 16.3. The molecule has 1 rings (SSSR count). The van der Waals surface area contributed by atoms with E-state index < -0.39 is 0 Å². The second-order valence-corrected chi connectivity index (χ2v) is 5.69. The quantitative estimate of drug-likeness (QED) is 0.734. The topological polar surface area (TPSA) is 40.5 Å². The van der Waals surface area contributed by atoms with E-state index >= 15 is 0 Å². The van der Waals surface area contributed by atoms with E-state index in [1.54, 1.807) is 0 Å². The van der Waals surface area contributed by atoms with Gasteiger partial charge in [0.2, 0.25) is 0 Å². The molecule has 0 aromatic heterocycles. The Hall–Kier alpha value is -0.0800. The molecule has 96 valence electrons. The highest BCUT2D eigenvalue weighted by molar-refractivity contribution is 4.80. The number of hydrogen-bond acceptors (Lipinski definition) is 2. The Morgan fingerprint density at radius 2 is 1.81 bits per heavy atom. The molecule has 0 aromatic carbocycles. The van der Waals surface area contributed by atoms with Crippen LogP contribution in [0.25, 0.3) is 0 Å². The fraction of sp³-hybridized carbons (Fsp3) is 1.00. The first-order chi connectivity index (χ1) is 7.71. The average molecular weight is 228 g/mol. The maximum absolute atomic E-state index is 9.34. The van der Waals surface area contributed by atoms with Gasteiger partial charge >= 0.3 is 0 Å². The Labute approximate surface area is 100 Å². The molecule has 16 heavy (non-hydrogen) atoms. The van der Waals surface area contributed by atoms with Crippen LogP contribution in [0.5, 0.6) is 0 Å². The first kappa shape index (κ1) is 14.0. The predicted octanol–water partition coefficient (Wildman–Crippen LogP) is 2.83. The number of rotatable bonds is 6. The van der Waals surface area contributed by atoms with E-state index in [0.29, 0.717) is 11.8 Å². The number of hydrogen-bond donors (Lipinski definition) is 2. The number of aliphatic hydroxyl groups excluding tert-OH is 2. The van der Waals surface area contributed by atoms with Crippen molar-refractivity contribution >= 4 is 0 Å². The van der Waals surface area contributed by atoms with Gasteiger partial charge in [-0.05, 0) is 42.9 Å². The molecule has 2 heteroatoms. The molecule has 0 spiro atoms. The van der Waals surface area contributed by atoms with E-state index in [2.05, 4.69) is 13.8 Å². The van der Waals surface area contributed by atoms with Gasteiger partial charge < -0.3 is 10.2 Å². The summed E-state index contributed by atoms with van der Waals surface area (Å²) in [4.78, 5) is 0. The fourth-order valence-electron chi connectivity index (χ4n) is 3.28. The van der Waals surface area contributed by atoms with Crippen LogP contribution in [0.3, 0.4) is 0 Å². The van der Waals surface area contributed by atoms with Crippen LogP contribution in [0.4, 0.5) is 0 Å². The van der Waals surface area contributed by atoms with Crippen LogP contribution in [0.1, 0.15) is 52.4 Å². The first-order valence-electron chi connectivity index (χ1n) is 6.92. The van der Waals surface area contributed by atoms with Gasteiger partial charge in [-0.2, -0.15) is 0 Å². The maximum Gasteiger partial charge on any atom is 0.0462 e. The SMILES string of the molecule is CCCC(C)CC1CCC(CO)C(CO)C1. The molecule has 0 amide bonds. The van der Waals surface area contributed by atoms with Crippen molar-refractivity contribution in [3.05, 3.63) is 0 Å². The third kappa shape index (κ3) is 4.06.